The molecule has 0 heterocycles. The van der Waals surface area contributed by atoms with Crippen LogP contribution < -0.4 is 0 Å². The van der Waals surface area contributed by atoms with Gasteiger partial charge in [-0.1, -0.05) is 18.2 Å². The van der Waals surface area contributed by atoms with Crippen LogP contribution in [0.2, 0.25) is 0 Å². The molecule has 0 aromatic carbocycles. The molecule has 8 heteroatoms. The summed E-state index contributed by atoms with van der Waals surface area (Å²) in [4.78, 5) is 0. The van der Waals surface area contributed by atoms with Crippen molar-refractivity contribution >= 4 is 11.6 Å². The summed E-state index contributed by atoms with van der Waals surface area (Å²) in [5.74, 6) is -17.0. The van der Waals surface area contributed by atoms with Gasteiger partial charge >= 0.3 is 11.8 Å². The van der Waals surface area contributed by atoms with Gasteiger partial charge in [-0.15, -0.1) is 0 Å². The summed E-state index contributed by atoms with van der Waals surface area (Å²) in [6.07, 6.45) is -2.15. The van der Waals surface area contributed by atoms with E-state index in [0.717, 1.165) is 0 Å². The summed E-state index contributed by atoms with van der Waals surface area (Å²) in [6.45, 7) is 2.44. The van der Waals surface area contributed by atoms with Crippen LogP contribution in [0.1, 0.15) is 6.42 Å². The molecule has 94 valence electrons. The van der Waals surface area contributed by atoms with E-state index < -0.39 is 41.3 Å². The Hall–Kier alpha value is -0.460. The van der Waals surface area contributed by atoms with Gasteiger partial charge in [-0.3, -0.25) is 0 Å². The van der Waals surface area contributed by atoms with Crippen LogP contribution in [0, 0.1) is 5.92 Å². The molecule has 0 aliphatic heterocycles. The third kappa shape index (κ3) is 1.51. The molecule has 0 spiro atoms. The Morgan fingerprint density at radius 3 is 1.88 bits per heavy atom. The zero-order valence-corrected chi connectivity index (χ0v) is 8.35. The second kappa shape index (κ2) is 3.27. The molecule has 1 aliphatic rings. The fourth-order valence-corrected chi connectivity index (χ4v) is 1.66. The van der Waals surface area contributed by atoms with Crippen LogP contribution in [0.5, 0.6) is 0 Å². The third-order valence-electron chi connectivity index (χ3n) is 2.52. The quantitative estimate of drug-likeness (QED) is 0.413. The smallest absolute Gasteiger partial charge is 0.219 e. The van der Waals surface area contributed by atoms with E-state index in [4.69, 9.17) is 0 Å². The summed E-state index contributed by atoms with van der Waals surface area (Å²) >= 11 is 4.55. The molecule has 0 unspecified atom stereocenters. The van der Waals surface area contributed by atoms with Crippen LogP contribution in [0.3, 0.4) is 0 Å². The standard InChI is InChI=1S/C8H6ClF7/c1-2-5(10,11)8(15,16)4-3-6(12,13)7(4,9)14/h2,4H,1,3H2/t4-,7-/m1/s1. The van der Waals surface area contributed by atoms with Crippen LogP contribution in [0.25, 0.3) is 0 Å². The Balaban J connectivity index is 3.02. The molecule has 0 radical (unpaired) electrons. The van der Waals surface area contributed by atoms with Gasteiger partial charge in [0.15, 0.2) is 0 Å². The van der Waals surface area contributed by atoms with Gasteiger partial charge in [0, 0.05) is 6.42 Å². The Kier molecular flexibility index (Phi) is 2.78. The largest absolute Gasteiger partial charge is 0.328 e. The molecule has 1 aliphatic carbocycles. The van der Waals surface area contributed by atoms with Crippen molar-refractivity contribution in [1.29, 1.82) is 0 Å². The molecule has 0 aromatic rings. The molecule has 2 atom stereocenters. The molecular weight excluding hydrogens is 265 g/mol. The van der Waals surface area contributed by atoms with Gasteiger partial charge in [0.1, 0.15) is 0 Å². The van der Waals surface area contributed by atoms with Crippen molar-refractivity contribution in [2.45, 2.75) is 29.3 Å². The lowest BCUT2D eigenvalue weighted by molar-refractivity contribution is -0.309. The predicted octanol–water partition coefficient (Wildman–Crippen LogP) is 4.00. The maximum Gasteiger partial charge on any atom is 0.328 e. The van der Waals surface area contributed by atoms with Gasteiger partial charge in [-0.25, -0.2) is 13.2 Å². The highest BCUT2D eigenvalue weighted by Crippen LogP contribution is 2.64. The molecule has 0 nitrogen and oxygen atoms in total. The molecule has 0 aromatic heterocycles. The van der Waals surface area contributed by atoms with Crippen molar-refractivity contribution in [3.8, 4) is 0 Å². The van der Waals surface area contributed by atoms with Crippen LogP contribution in [0.4, 0.5) is 30.7 Å². The van der Waals surface area contributed by atoms with Crippen LogP contribution in [-0.2, 0) is 0 Å². The van der Waals surface area contributed by atoms with Crippen molar-refractivity contribution in [3.63, 3.8) is 0 Å². The molecule has 0 amide bonds. The second-order valence-electron chi connectivity index (χ2n) is 3.53. The fraction of sp³-hybridized carbons (Fsp3) is 0.750. The minimum Gasteiger partial charge on any atom is -0.219 e. The van der Waals surface area contributed by atoms with E-state index in [0.29, 0.717) is 0 Å². The van der Waals surface area contributed by atoms with Crippen molar-refractivity contribution < 1.29 is 30.7 Å². The van der Waals surface area contributed by atoms with E-state index in [2.05, 4.69) is 18.2 Å². The maximum absolute atomic E-state index is 13.0. The lowest BCUT2D eigenvalue weighted by Gasteiger charge is -2.49. The van der Waals surface area contributed by atoms with Crippen molar-refractivity contribution in [3.05, 3.63) is 12.7 Å². The summed E-state index contributed by atoms with van der Waals surface area (Å²) < 4.78 is 89.3. The maximum atomic E-state index is 13.0. The number of halogens is 8. The van der Waals surface area contributed by atoms with E-state index in [-0.39, 0.29) is 0 Å². The highest BCUT2D eigenvalue weighted by Gasteiger charge is 2.80. The van der Waals surface area contributed by atoms with Gasteiger partial charge in [0.2, 0.25) is 0 Å². The number of rotatable bonds is 3. The highest BCUT2D eigenvalue weighted by molar-refractivity contribution is 6.24. The first-order valence-electron chi connectivity index (χ1n) is 4.05. The van der Waals surface area contributed by atoms with Crippen molar-refractivity contribution in [2.24, 2.45) is 5.92 Å². The summed E-state index contributed by atoms with van der Waals surface area (Å²) in [7, 11) is 0. The monoisotopic (exact) mass is 270 g/mol. The Labute approximate surface area is 91.1 Å². The minimum atomic E-state index is -5.01. The van der Waals surface area contributed by atoms with Crippen molar-refractivity contribution in [2.75, 3.05) is 0 Å². The normalized spacial score (nSPS) is 34.4. The SMILES string of the molecule is C=CC(F)(F)C(F)(F)[C@@H]1CC(F)(F)[C@@]1(F)Cl. The fourth-order valence-electron chi connectivity index (χ4n) is 1.37. The first kappa shape index (κ1) is 13.6. The number of allylic oxidation sites excluding steroid dienone is 1. The highest BCUT2D eigenvalue weighted by atomic mass is 35.5. The Morgan fingerprint density at radius 1 is 1.19 bits per heavy atom. The third-order valence-corrected chi connectivity index (χ3v) is 3.06. The van der Waals surface area contributed by atoms with Gasteiger partial charge in [-0.2, -0.15) is 17.6 Å². The predicted molar refractivity (Wildman–Crippen MR) is 42.8 cm³/mol. The molecule has 0 bridgehead atoms. The second-order valence-corrected chi connectivity index (χ2v) is 4.08. The summed E-state index contributed by atoms with van der Waals surface area (Å²) in [5.41, 5.74) is 0. The van der Waals surface area contributed by atoms with Crippen LogP contribution >= 0.6 is 11.6 Å². The number of hydrogen-bond acceptors (Lipinski definition) is 0. The van der Waals surface area contributed by atoms with Gasteiger partial charge < -0.3 is 0 Å². The Bertz CT molecular complexity index is 310. The average molecular weight is 271 g/mol. The van der Waals surface area contributed by atoms with Crippen LogP contribution in [0.15, 0.2) is 12.7 Å². The molecule has 1 fully saturated rings. The van der Waals surface area contributed by atoms with Crippen LogP contribution in [-0.4, -0.2) is 22.9 Å². The number of hydrogen-bond donors (Lipinski definition) is 0. The summed E-state index contributed by atoms with van der Waals surface area (Å²) in [6, 6.07) is 0. The zero-order chi connectivity index (χ0) is 13.0. The molecule has 1 rings (SSSR count). The molecule has 0 N–H and O–H groups in total. The van der Waals surface area contributed by atoms with Gasteiger partial charge in [0.25, 0.3) is 11.1 Å². The lowest BCUT2D eigenvalue weighted by Crippen LogP contribution is -2.67. The van der Waals surface area contributed by atoms with E-state index in [9.17, 15) is 30.7 Å². The Morgan fingerprint density at radius 2 is 1.62 bits per heavy atom. The topological polar surface area (TPSA) is 0 Å². The first-order chi connectivity index (χ1) is 6.90. The van der Waals surface area contributed by atoms with Gasteiger partial charge in [0.05, 0.1) is 5.92 Å². The van der Waals surface area contributed by atoms with Gasteiger partial charge in [-0.05, 0) is 6.08 Å². The molecule has 0 saturated heterocycles. The molecule has 16 heavy (non-hydrogen) atoms. The van der Waals surface area contributed by atoms with E-state index in [1.165, 1.54) is 0 Å². The van der Waals surface area contributed by atoms with E-state index in [1.807, 2.05) is 0 Å². The first-order valence-corrected chi connectivity index (χ1v) is 4.43. The zero-order valence-electron chi connectivity index (χ0n) is 7.59. The minimum absolute atomic E-state index is 0.420. The van der Waals surface area contributed by atoms with E-state index in [1.54, 1.807) is 0 Å². The molecular formula is C8H6ClF7. The van der Waals surface area contributed by atoms with E-state index >= 15 is 0 Å². The lowest BCUT2D eigenvalue weighted by atomic mass is 9.72. The summed E-state index contributed by atoms with van der Waals surface area (Å²) in [5, 5.41) is -4.16. The molecule has 1 saturated carbocycles. The average Bonchev–Trinajstić information content (AvgIpc) is 2.13. The van der Waals surface area contributed by atoms with Crippen molar-refractivity contribution in [1.82, 2.24) is 0 Å². The number of alkyl halides is 8.